The zero-order valence-corrected chi connectivity index (χ0v) is 38.0. The first kappa shape index (κ1) is 52.2. The minimum Gasteiger partial charge on any atom is -0.497 e. The van der Waals surface area contributed by atoms with Crippen molar-refractivity contribution in [1.29, 1.82) is 0 Å². The van der Waals surface area contributed by atoms with E-state index in [-0.39, 0.29) is 26.1 Å². The van der Waals surface area contributed by atoms with Crippen molar-refractivity contribution < 1.29 is 73.1 Å². The van der Waals surface area contributed by atoms with Crippen LogP contribution in [0, 0.1) is 12.8 Å². The van der Waals surface area contributed by atoms with E-state index < -0.39 is 90.7 Å². The standard InChI is InChI=1S/C47H66N4O15/c1-6-33(47(59,28-13-19-30(60-3)20-14-28)29-15-21-32(22-16-29)63-31-17-11-27(2)12-18-31)42(56)50-25-26-51-43(57)40-38(61-4)34(52)37(55)46(66-40)64-39-35(53)36(54)45(62-5)65-41(39)44(58)49-24-10-8-7-9-23-48/h11-22,33-41,45-46,52-55,59H,6-10,23-26,48H2,1-5H3,(H,49,58)(H,50,56)(H,51,57)/t33?,34-,35-,36?,37?,38+,39+,40?,41?,45-,46-,47?/m1/s1. The Kier molecular flexibility index (Phi) is 19.6. The number of aliphatic hydroxyl groups is 5. The molecule has 12 atom stereocenters. The number of carbonyl (C=O) groups is 3. The summed E-state index contributed by atoms with van der Waals surface area (Å²) in [6, 6.07) is 21.2. The number of amides is 3. The predicted octanol–water partition coefficient (Wildman–Crippen LogP) is 0.866. The average Bonchev–Trinajstić information content (AvgIpc) is 3.32. The molecule has 0 aliphatic carbocycles. The lowest BCUT2D eigenvalue weighted by molar-refractivity contribution is -0.346. The number of carbonyl (C=O) groups excluding carboxylic acids is 3. The minimum atomic E-state index is -1.86. The van der Waals surface area contributed by atoms with Crippen molar-refractivity contribution in [3.63, 3.8) is 0 Å². The van der Waals surface area contributed by atoms with Gasteiger partial charge in [-0.15, -0.1) is 0 Å². The molecule has 2 saturated heterocycles. The third kappa shape index (κ3) is 12.6. The number of aryl methyl sites for hydroxylation is 1. The van der Waals surface area contributed by atoms with E-state index in [9.17, 15) is 39.9 Å². The molecule has 3 amide bonds. The van der Waals surface area contributed by atoms with Crippen LogP contribution >= 0.6 is 0 Å². The summed E-state index contributed by atoms with van der Waals surface area (Å²) in [5.41, 5.74) is 5.68. The molecule has 66 heavy (non-hydrogen) atoms. The van der Waals surface area contributed by atoms with Gasteiger partial charge in [-0.2, -0.15) is 0 Å². The van der Waals surface area contributed by atoms with Gasteiger partial charge in [0.1, 0.15) is 59.5 Å². The molecule has 0 bridgehead atoms. The molecule has 2 fully saturated rings. The summed E-state index contributed by atoms with van der Waals surface area (Å²) in [6.45, 7) is 4.30. The molecule has 0 radical (unpaired) electrons. The Balaban J connectivity index is 1.25. The first-order valence-electron chi connectivity index (χ1n) is 22.2. The second-order valence-corrected chi connectivity index (χ2v) is 16.3. The van der Waals surface area contributed by atoms with E-state index in [2.05, 4.69) is 16.0 Å². The Morgan fingerprint density at radius 1 is 0.652 bits per heavy atom. The fourth-order valence-electron chi connectivity index (χ4n) is 8.11. The highest BCUT2D eigenvalue weighted by Gasteiger charge is 2.54. The Bertz CT molecular complexity index is 1980. The predicted molar refractivity (Wildman–Crippen MR) is 238 cm³/mol. The normalized spacial score (nSPS) is 26.7. The molecule has 0 aromatic heterocycles. The van der Waals surface area contributed by atoms with Gasteiger partial charge in [0.05, 0.1) is 13.0 Å². The molecular formula is C47H66N4O15. The van der Waals surface area contributed by atoms with Crippen molar-refractivity contribution in [2.45, 2.75) is 113 Å². The molecule has 10 N–H and O–H groups in total. The van der Waals surface area contributed by atoms with Crippen LogP contribution in [-0.4, -0.2) is 152 Å². The summed E-state index contributed by atoms with van der Waals surface area (Å²) < 4.78 is 39.2. The number of ether oxygens (including phenoxy) is 7. The summed E-state index contributed by atoms with van der Waals surface area (Å²) >= 11 is 0. The number of unbranched alkanes of at least 4 members (excludes halogenated alkanes) is 3. The molecule has 0 spiro atoms. The van der Waals surface area contributed by atoms with Crippen LogP contribution in [0.2, 0.25) is 0 Å². The van der Waals surface area contributed by atoms with Gasteiger partial charge in [0.2, 0.25) is 5.91 Å². The van der Waals surface area contributed by atoms with E-state index in [1.54, 1.807) is 55.5 Å². The summed E-state index contributed by atoms with van der Waals surface area (Å²) in [5.74, 6) is -1.36. The molecule has 19 heteroatoms. The van der Waals surface area contributed by atoms with Crippen LogP contribution < -0.4 is 31.2 Å². The summed E-state index contributed by atoms with van der Waals surface area (Å²) in [7, 11) is 3.93. The second kappa shape index (κ2) is 24.8. The van der Waals surface area contributed by atoms with Crippen molar-refractivity contribution >= 4 is 17.7 Å². The lowest BCUT2D eigenvalue weighted by Crippen LogP contribution is -2.67. The van der Waals surface area contributed by atoms with E-state index in [1.807, 2.05) is 31.2 Å². The number of rotatable bonds is 23. The summed E-state index contributed by atoms with van der Waals surface area (Å²) in [5, 5.41) is 64.8. The van der Waals surface area contributed by atoms with Gasteiger partial charge in [-0.05, 0) is 80.3 Å². The van der Waals surface area contributed by atoms with Crippen LogP contribution in [0.15, 0.2) is 72.8 Å². The SMILES string of the molecule is CCC(C(=O)NCCNC(=O)C1O[C@@H](O[C@@H]2C(C(=O)NCCCCCCN)O[C@@H](OC)C(O)[C@H]2O)C(O)[C@@H](O)[C@@H]1OC)C(O)(c1ccc(OC)cc1)c1ccc(Oc2ccc(C)cc2)cc1. The summed E-state index contributed by atoms with van der Waals surface area (Å²) in [6.07, 6.45) is -13.3. The Morgan fingerprint density at radius 2 is 1.15 bits per heavy atom. The van der Waals surface area contributed by atoms with Crippen molar-refractivity contribution in [1.82, 2.24) is 16.0 Å². The molecular weight excluding hydrogens is 861 g/mol. The van der Waals surface area contributed by atoms with E-state index in [0.717, 1.165) is 24.8 Å². The molecule has 3 aromatic carbocycles. The fourth-order valence-corrected chi connectivity index (χ4v) is 8.11. The second-order valence-electron chi connectivity index (χ2n) is 16.3. The molecule has 3 aromatic rings. The van der Waals surface area contributed by atoms with Crippen LogP contribution in [-0.2, 0) is 43.7 Å². The number of hydrogen-bond donors (Lipinski definition) is 9. The Morgan fingerprint density at radius 3 is 1.71 bits per heavy atom. The monoisotopic (exact) mass is 926 g/mol. The number of methoxy groups -OCH3 is 3. The zero-order chi connectivity index (χ0) is 48.0. The van der Waals surface area contributed by atoms with Gasteiger partial charge in [-0.3, -0.25) is 14.4 Å². The lowest BCUT2D eigenvalue weighted by Gasteiger charge is -2.46. The topological polar surface area (TPSA) is 279 Å². The maximum Gasteiger partial charge on any atom is 0.252 e. The average molecular weight is 927 g/mol. The molecule has 5 rings (SSSR count). The van der Waals surface area contributed by atoms with Gasteiger partial charge >= 0.3 is 0 Å². The maximum atomic E-state index is 14.0. The first-order valence-corrected chi connectivity index (χ1v) is 22.2. The van der Waals surface area contributed by atoms with Gasteiger partial charge < -0.3 is 80.4 Å². The molecule has 2 heterocycles. The minimum absolute atomic E-state index is 0.105. The lowest BCUT2D eigenvalue weighted by atomic mass is 9.74. The van der Waals surface area contributed by atoms with Gasteiger partial charge in [0.15, 0.2) is 24.8 Å². The van der Waals surface area contributed by atoms with Crippen LogP contribution in [0.4, 0.5) is 0 Å². The van der Waals surface area contributed by atoms with Crippen molar-refractivity contribution in [2.75, 3.05) is 47.5 Å². The number of hydrogen-bond acceptors (Lipinski definition) is 16. The number of benzene rings is 3. The van der Waals surface area contributed by atoms with Gasteiger partial charge in [0.25, 0.3) is 11.8 Å². The number of nitrogens with one attached hydrogen (secondary N) is 3. The van der Waals surface area contributed by atoms with E-state index in [4.69, 9.17) is 38.9 Å². The highest BCUT2D eigenvalue weighted by molar-refractivity contribution is 5.83. The quantitative estimate of drug-likeness (QED) is 0.0597. The van der Waals surface area contributed by atoms with Crippen LogP contribution in [0.25, 0.3) is 0 Å². The van der Waals surface area contributed by atoms with Crippen LogP contribution in [0.3, 0.4) is 0 Å². The van der Waals surface area contributed by atoms with E-state index >= 15 is 0 Å². The molecule has 2 aliphatic heterocycles. The highest BCUT2D eigenvalue weighted by atomic mass is 16.7. The van der Waals surface area contributed by atoms with Gasteiger partial charge in [-0.1, -0.05) is 61.7 Å². The zero-order valence-electron chi connectivity index (χ0n) is 38.0. The maximum absolute atomic E-state index is 14.0. The number of aliphatic hydroxyl groups excluding tert-OH is 4. The molecule has 2 aliphatic rings. The number of nitrogens with two attached hydrogens (primary N) is 1. The Labute approximate surface area is 384 Å². The Hall–Kier alpha value is -4.77. The molecule has 6 unspecified atom stereocenters. The smallest absolute Gasteiger partial charge is 0.252 e. The van der Waals surface area contributed by atoms with Crippen LogP contribution in [0.5, 0.6) is 17.2 Å². The van der Waals surface area contributed by atoms with Crippen LogP contribution in [0.1, 0.15) is 55.7 Å². The fraction of sp³-hybridized carbons (Fsp3) is 0.553. The van der Waals surface area contributed by atoms with Gasteiger partial charge in [0, 0.05) is 33.9 Å². The van der Waals surface area contributed by atoms with Crippen molar-refractivity contribution in [2.24, 2.45) is 11.7 Å². The van der Waals surface area contributed by atoms with Gasteiger partial charge in [-0.25, -0.2) is 0 Å². The largest absolute Gasteiger partial charge is 0.497 e. The molecule has 0 saturated carbocycles. The third-order valence-electron chi connectivity index (χ3n) is 11.9. The van der Waals surface area contributed by atoms with E-state index in [1.165, 1.54) is 21.3 Å². The van der Waals surface area contributed by atoms with Crippen molar-refractivity contribution in [3.8, 4) is 17.2 Å². The van der Waals surface area contributed by atoms with E-state index in [0.29, 0.717) is 41.3 Å². The van der Waals surface area contributed by atoms with Crippen molar-refractivity contribution in [3.05, 3.63) is 89.5 Å². The highest BCUT2D eigenvalue weighted by Crippen LogP contribution is 2.40. The first-order chi connectivity index (χ1) is 31.7. The summed E-state index contributed by atoms with van der Waals surface area (Å²) in [4.78, 5) is 41.0. The molecule has 19 nitrogen and oxygen atoms in total. The third-order valence-corrected chi connectivity index (χ3v) is 11.9. The molecule has 364 valence electrons.